The van der Waals surface area contributed by atoms with Crippen LogP contribution in [0.5, 0.6) is 0 Å². The van der Waals surface area contributed by atoms with Crippen LogP contribution in [0.3, 0.4) is 0 Å². The highest BCUT2D eigenvalue weighted by Crippen LogP contribution is 2.45. The summed E-state index contributed by atoms with van der Waals surface area (Å²) in [4.78, 5) is 83.4. The third-order valence-electron chi connectivity index (χ3n) is 10.8. The van der Waals surface area contributed by atoms with E-state index in [0.717, 1.165) is 50.1 Å². The molecule has 70 heavy (non-hydrogen) atoms. The number of nitrogens with one attached hydrogen (secondary N) is 3. The van der Waals surface area contributed by atoms with Gasteiger partial charge in [-0.05, 0) is 100.0 Å². The van der Waals surface area contributed by atoms with Crippen LogP contribution in [0, 0.1) is 6.92 Å². The highest BCUT2D eigenvalue weighted by Gasteiger charge is 2.30. The van der Waals surface area contributed by atoms with Gasteiger partial charge in [0.2, 0.25) is 5.91 Å². The Balaban J connectivity index is 0.000000181. The molecule has 0 aromatic heterocycles. The Kier molecular flexibility index (Phi) is 17.6. The van der Waals surface area contributed by atoms with Crippen LogP contribution in [0.2, 0.25) is 5.02 Å². The monoisotopic (exact) mass is 961 g/mol. The average Bonchev–Trinajstić information content (AvgIpc) is 3.88. The molecule has 356 valence electrons. The number of hydroxylamine groups is 3. The predicted molar refractivity (Wildman–Crippen MR) is 262 cm³/mol. The quantitative estimate of drug-likeness (QED) is 0.102. The molecule has 0 saturated carbocycles. The van der Waals surface area contributed by atoms with E-state index < -0.39 is 36.0 Å². The molecule has 3 amide bonds. The van der Waals surface area contributed by atoms with Crippen molar-refractivity contribution in [3.63, 3.8) is 0 Å². The Morgan fingerprint density at radius 2 is 0.743 bits per heavy atom. The summed E-state index contributed by atoms with van der Waals surface area (Å²) in [6.45, 7) is 3.48. The summed E-state index contributed by atoms with van der Waals surface area (Å²) in [7, 11) is 0. The van der Waals surface area contributed by atoms with Gasteiger partial charge >= 0.3 is 30.1 Å². The van der Waals surface area contributed by atoms with Crippen LogP contribution in [0.25, 0.3) is 22.3 Å². The molecule has 0 bridgehead atoms. The first kappa shape index (κ1) is 50.7. The molecule has 0 unspecified atom stereocenters. The van der Waals surface area contributed by atoms with Crippen LogP contribution in [0.4, 0.5) is 9.59 Å². The number of benzene rings is 7. The molecule has 0 atom stereocenters. The van der Waals surface area contributed by atoms with Crippen LogP contribution >= 0.6 is 11.6 Å². The van der Waals surface area contributed by atoms with E-state index in [1.54, 1.807) is 66.7 Å². The second kappa shape index (κ2) is 24.3. The van der Waals surface area contributed by atoms with E-state index in [2.05, 4.69) is 34.6 Å². The lowest BCUT2D eigenvalue weighted by molar-refractivity contribution is -0.127. The maximum atomic E-state index is 12.0. The van der Waals surface area contributed by atoms with Crippen molar-refractivity contribution >= 4 is 47.6 Å². The van der Waals surface area contributed by atoms with Crippen molar-refractivity contribution in [1.29, 1.82) is 0 Å². The molecule has 0 radical (unpaired) electrons. The lowest BCUT2D eigenvalue weighted by Gasteiger charge is -2.14. The fourth-order valence-corrected chi connectivity index (χ4v) is 7.70. The number of fused-ring (bicyclic) bond motifs is 6. The highest BCUT2D eigenvalue weighted by molar-refractivity contribution is 6.30. The van der Waals surface area contributed by atoms with E-state index in [0.29, 0.717) is 21.7 Å². The van der Waals surface area contributed by atoms with Crippen LogP contribution < -0.4 is 16.4 Å². The summed E-state index contributed by atoms with van der Waals surface area (Å²) in [5.74, 6) is -2.46. The van der Waals surface area contributed by atoms with Crippen LogP contribution in [-0.4, -0.2) is 49.2 Å². The van der Waals surface area contributed by atoms with Gasteiger partial charge in [-0.25, -0.2) is 24.0 Å². The van der Waals surface area contributed by atoms with Crippen LogP contribution in [0.1, 0.15) is 85.1 Å². The highest BCUT2D eigenvalue weighted by atomic mass is 35.5. The van der Waals surface area contributed by atoms with Gasteiger partial charge in [0.1, 0.15) is 13.2 Å². The molecule has 0 spiro atoms. The Bertz CT molecular complexity index is 2870. The Labute approximate surface area is 409 Å². The third-order valence-corrected chi connectivity index (χ3v) is 11.1. The second-order valence-corrected chi connectivity index (χ2v) is 15.9. The van der Waals surface area contributed by atoms with E-state index in [4.69, 9.17) is 30.7 Å². The zero-order chi connectivity index (χ0) is 48.7. The van der Waals surface area contributed by atoms with Crippen LogP contribution in [0.15, 0.2) is 176 Å². The van der Waals surface area contributed by atoms with E-state index in [1.165, 1.54) is 19.1 Å². The first-order valence-electron chi connectivity index (χ1n) is 21.5. The molecule has 15 heteroatoms. The maximum Gasteiger partial charge on any atom is 0.440 e. The third kappa shape index (κ3) is 13.0. The molecular formula is C55H48ClN3O11. The van der Waals surface area contributed by atoms with Crippen molar-refractivity contribution in [2.24, 2.45) is 0 Å². The van der Waals surface area contributed by atoms with Gasteiger partial charge in [-0.1, -0.05) is 152 Å². The van der Waals surface area contributed by atoms with E-state index in [-0.39, 0.29) is 32.5 Å². The number of aryl methyl sites for hydroxylation is 1. The SMILES string of the molecule is C.CC(=O)NOC(=O)c1ccc(Cl)cc1.Cc1ccc(C(=O)ONC(=O)OCC2c3ccccc3-c3ccccc32)cc1.O=C(NOC(=O)c1ccccc1)OCC1c2ccccc2-c2ccccc21. The number of hydrogen-bond acceptors (Lipinski definition) is 11. The standard InChI is InChI=1S/C23H19NO4.C22H17NO4.C9H8ClNO3.CH4/c1-15-10-12-16(13-11-15)22(25)28-24-23(26)27-14-21-19-8-4-2-6-17(19)18-7-3-5-9-20(18)21;24-21(15-8-2-1-3-9-15)27-23-22(25)26-14-20-18-12-6-4-10-16(18)17-11-5-7-13-19(17)20;1-6(12)11-14-9(13)7-2-4-8(10)5-3-7;/h2-13,21H,14H2,1H3,(H,24,26);1-13,20H,14H2,(H,23,25);2-5H,1H3,(H,11,12);1H4. The largest absolute Gasteiger partial charge is 0.446 e. The number of carbonyl (C=O) groups is 6. The fraction of sp³-hybridized carbons (Fsp3) is 0.127. The zero-order valence-electron chi connectivity index (χ0n) is 37.2. The van der Waals surface area contributed by atoms with Crippen molar-refractivity contribution in [3.05, 3.63) is 225 Å². The van der Waals surface area contributed by atoms with Crippen molar-refractivity contribution in [3.8, 4) is 22.3 Å². The predicted octanol–water partition coefficient (Wildman–Crippen LogP) is 11.1. The van der Waals surface area contributed by atoms with Crippen molar-refractivity contribution in [1.82, 2.24) is 16.4 Å². The molecule has 9 rings (SSSR count). The van der Waals surface area contributed by atoms with Crippen LogP contribution in [-0.2, 0) is 28.8 Å². The normalized spacial score (nSPS) is 11.3. The van der Waals surface area contributed by atoms with Gasteiger partial charge in [0.25, 0.3) is 0 Å². The fourth-order valence-electron chi connectivity index (χ4n) is 7.58. The first-order valence-corrected chi connectivity index (χ1v) is 21.8. The molecule has 7 aromatic carbocycles. The Hall–Kier alpha value is -8.75. The minimum absolute atomic E-state index is 0. The Morgan fingerprint density at radius 3 is 1.11 bits per heavy atom. The van der Waals surface area contributed by atoms with Crippen molar-refractivity contribution in [2.45, 2.75) is 33.1 Å². The van der Waals surface area contributed by atoms with Gasteiger partial charge in [0.15, 0.2) is 0 Å². The van der Waals surface area contributed by atoms with Gasteiger partial charge in [0.05, 0.1) is 16.7 Å². The summed E-state index contributed by atoms with van der Waals surface area (Å²) >= 11 is 5.62. The van der Waals surface area contributed by atoms with Gasteiger partial charge < -0.3 is 24.0 Å². The maximum absolute atomic E-state index is 12.0. The second-order valence-electron chi connectivity index (χ2n) is 15.4. The minimum atomic E-state index is -0.804. The summed E-state index contributed by atoms with van der Waals surface area (Å²) in [5, 5.41) is 0.529. The van der Waals surface area contributed by atoms with Crippen molar-refractivity contribution < 1.29 is 52.8 Å². The van der Waals surface area contributed by atoms with Gasteiger partial charge in [-0.3, -0.25) is 4.79 Å². The minimum Gasteiger partial charge on any atom is -0.446 e. The van der Waals surface area contributed by atoms with E-state index in [1.807, 2.05) is 90.7 Å². The summed E-state index contributed by atoms with van der Waals surface area (Å²) in [6, 6.07) is 53.7. The Morgan fingerprint density at radius 1 is 0.429 bits per heavy atom. The van der Waals surface area contributed by atoms with E-state index in [9.17, 15) is 28.8 Å². The molecule has 0 heterocycles. The average molecular weight is 962 g/mol. The van der Waals surface area contributed by atoms with E-state index >= 15 is 0 Å². The summed E-state index contributed by atoms with van der Waals surface area (Å²) in [6.07, 6.45) is -1.61. The molecular weight excluding hydrogens is 914 g/mol. The van der Waals surface area contributed by atoms with Gasteiger partial charge in [0, 0.05) is 23.8 Å². The molecule has 7 aromatic rings. The molecule has 2 aliphatic rings. The lowest BCUT2D eigenvalue weighted by Crippen LogP contribution is -2.29. The van der Waals surface area contributed by atoms with Gasteiger partial charge in [-0.15, -0.1) is 11.0 Å². The van der Waals surface area contributed by atoms with Crippen molar-refractivity contribution in [2.75, 3.05) is 13.2 Å². The number of hydrogen-bond donors (Lipinski definition) is 3. The topological polar surface area (TPSA) is 185 Å². The lowest BCUT2D eigenvalue weighted by atomic mass is 9.98. The molecule has 0 aliphatic heterocycles. The van der Waals surface area contributed by atoms with Gasteiger partial charge in [-0.2, -0.15) is 5.48 Å². The molecule has 14 nitrogen and oxygen atoms in total. The smallest absolute Gasteiger partial charge is 0.440 e. The molecule has 0 fully saturated rings. The number of amides is 3. The number of carbonyl (C=O) groups excluding carboxylic acids is 6. The number of rotatable bonds is 7. The number of ether oxygens (including phenoxy) is 2. The molecule has 0 saturated heterocycles. The number of halogens is 1. The molecule has 3 N–H and O–H groups in total. The zero-order valence-corrected chi connectivity index (χ0v) is 37.9. The first-order chi connectivity index (χ1) is 33.5. The summed E-state index contributed by atoms with van der Waals surface area (Å²) in [5.41, 5.74) is 17.2. The molecule has 2 aliphatic carbocycles. The summed E-state index contributed by atoms with van der Waals surface area (Å²) < 4.78 is 10.6.